The van der Waals surface area contributed by atoms with Crippen LogP contribution in [0.5, 0.6) is 0 Å². The van der Waals surface area contributed by atoms with Gasteiger partial charge in [0.05, 0.1) is 0 Å². The summed E-state index contributed by atoms with van der Waals surface area (Å²) in [5.74, 6) is -0.672. The van der Waals surface area contributed by atoms with E-state index in [1.165, 1.54) is 12.1 Å². The van der Waals surface area contributed by atoms with E-state index in [0.29, 0.717) is 32.6 Å². The van der Waals surface area contributed by atoms with Gasteiger partial charge in [0.1, 0.15) is 17.9 Å². The Labute approximate surface area is 169 Å². The zero-order valence-corrected chi connectivity index (χ0v) is 16.7. The third-order valence-corrected chi connectivity index (χ3v) is 6.62. The van der Waals surface area contributed by atoms with Gasteiger partial charge >= 0.3 is 6.03 Å². The molecule has 2 atom stereocenters. The van der Waals surface area contributed by atoms with Gasteiger partial charge in [-0.2, -0.15) is 0 Å². The predicted octanol–water partition coefficient (Wildman–Crippen LogP) is 1.97. The topological polar surface area (TPSA) is 73.0 Å². The molecule has 1 aromatic carbocycles. The first-order valence-corrected chi connectivity index (χ1v) is 10.3. The van der Waals surface area contributed by atoms with Crippen LogP contribution in [-0.2, 0) is 9.59 Å². The van der Waals surface area contributed by atoms with Crippen LogP contribution in [0.1, 0.15) is 32.6 Å². The van der Waals surface area contributed by atoms with E-state index < -0.39 is 11.6 Å². The van der Waals surface area contributed by atoms with Crippen molar-refractivity contribution in [1.82, 2.24) is 15.1 Å². The van der Waals surface area contributed by atoms with Crippen molar-refractivity contribution in [3.63, 3.8) is 0 Å². The first-order valence-electron chi connectivity index (χ1n) is 10.3. The van der Waals surface area contributed by atoms with Crippen LogP contribution in [0.4, 0.5) is 14.9 Å². The molecule has 0 radical (unpaired) electrons. The van der Waals surface area contributed by atoms with Crippen LogP contribution in [0.3, 0.4) is 0 Å². The summed E-state index contributed by atoms with van der Waals surface area (Å²) in [5.41, 5.74) is 0.0810. The minimum atomic E-state index is -0.836. The molecule has 1 N–H and O–H groups in total. The molecule has 8 heteroatoms. The number of benzene rings is 1. The van der Waals surface area contributed by atoms with Crippen molar-refractivity contribution < 1.29 is 18.8 Å². The van der Waals surface area contributed by atoms with Crippen LogP contribution in [0.25, 0.3) is 0 Å². The van der Waals surface area contributed by atoms with Gasteiger partial charge in [0.2, 0.25) is 5.91 Å². The molecule has 3 aliphatic rings. The minimum Gasteiger partial charge on any atom is -0.368 e. The molecular weight excluding hydrogens is 375 g/mol. The molecule has 1 saturated carbocycles. The highest BCUT2D eigenvalue weighted by molar-refractivity contribution is 6.09. The van der Waals surface area contributed by atoms with Gasteiger partial charge in [-0.15, -0.1) is 0 Å². The molecule has 7 nitrogen and oxygen atoms in total. The highest BCUT2D eigenvalue weighted by Crippen LogP contribution is 2.38. The standard InChI is InChI=1S/C21H27FN4O3/c1-15-4-2-3-9-21(15)19(28)26(20(29)23-21)14-18(27)25-12-10-24(11-13-25)17-7-5-16(22)6-8-17/h5-8,15H,2-4,9-14H2,1H3,(H,23,29). The van der Waals surface area contributed by atoms with Crippen molar-refractivity contribution in [3.05, 3.63) is 30.1 Å². The average Bonchev–Trinajstić information content (AvgIpc) is 2.96. The monoisotopic (exact) mass is 402 g/mol. The molecule has 2 saturated heterocycles. The largest absolute Gasteiger partial charge is 0.368 e. The maximum absolute atomic E-state index is 13.1. The normalized spacial score (nSPS) is 27.5. The summed E-state index contributed by atoms with van der Waals surface area (Å²) in [5, 5.41) is 2.89. The number of anilines is 1. The number of hydrogen-bond acceptors (Lipinski definition) is 4. The molecule has 3 fully saturated rings. The second-order valence-corrected chi connectivity index (χ2v) is 8.28. The highest BCUT2D eigenvalue weighted by atomic mass is 19.1. The van der Waals surface area contributed by atoms with Crippen molar-refractivity contribution >= 4 is 23.5 Å². The summed E-state index contributed by atoms with van der Waals surface area (Å²) < 4.78 is 13.1. The van der Waals surface area contributed by atoms with Gasteiger partial charge in [-0.1, -0.05) is 19.8 Å². The summed E-state index contributed by atoms with van der Waals surface area (Å²) in [6, 6.07) is 5.84. The summed E-state index contributed by atoms with van der Waals surface area (Å²) in [6.07, 6.45) is 3.51. The van der Waals surface area contributed by atoms with Crippen LogP contribution in [0, 0.1) is 11.7 Å². The molecule has 1 aliphatic carbocycles. The summed E-state index contributed by atoms with van der Waals surface area (Å²) in [6.45, 7) is 4.03. The van der Waals surface area contributed by atoms with E-state index in [1.807, 2.05) is 6.92 Å². The van der Waals surface area contributed by atoms with E-state index in [0.717, 1.165) is 29.8 Å². The number of nitrogens with one attached hydrogen (secondary N) is 1. The van der Waals surface area contributed by atoms with Gasteiger partial charge in [0, 0.05) is 31.9 Å². The van der Waals surface area contributed by atoms with Gasteiger partial charge in [-0.05, 0) is 43.0 Å². The molecule has 1 spiro atoms. The number of hydrogen-bond donors (Lipinski definition) is 1. The molecule has 2 aliphatic heterocycles. The van der Waals surface area contributed by atoms with Crippen LogP contribution < -0.4 is 10.2 Å². The Kier molecular flexibility index (Phi) is 5.19. The van der Waals surface area contributed by atoms with E-state index in [2.05, 4.69) is 10.2 Å². The van der Waals surface area contributed by atoms with Gasteiger partial charge in [0.15, 0.2) is 0 Å². The van der Waals surface area contributed by atoms with Crippen molar-refractivity contribution in [1.29, 1.82) is 0 Å². The number of rotatable bonds is 3. The van der Waals surface area contributed by atoms with E-state index in [4.69, 9.17) is 0 Å². The van der Waals surface area contributed by atoms with Gasteiger partial charge in [-0.3, -0.25) is 14.5 Å². The van der Waals surface area contributed by atoms with Gasteiger partial charge < -0.3 is 15.1 Å². The third kappa shape index (κ3) is 3.56. The molecule has 2 heterocycles. The Hall–Kier alpha value is -2.64. The van der Waals surface area contributed by atoms with Gasteiger partial charge in [-0.25, -0.2) is 9.18 Å². The highest BCUT2D eigenvalue weighted by Gasteiger charge is 2.55. The molecule has 2 unspecified atom stereocenters. The van der Waals surface area contributed by atoms with Gasteiger partial charge in [0.25, 0.3) is 5.91 Å². The van der Waals surface area contributed by atoms with E-state index >= 15 is 0 Å². The quantitative estimate of drug-likeness (QED) is 0.785. The van der Waals surface area contributed by atoms with Crippen LogP contribution in [-0.4, -0.2) is 65.9 Å². The second kappa shape index (κ2) is 7.65. The summed E-state index contributed by atoms with van der Waals surface area (Å²) >= 11 is 0. The van der Waals surface area contributed by atoms with Crippen LogP contribution in [0.2, 0.25) is 0 Å². The van der Waals surface area contributed by atoms with Crippen LogP contribution in [0.15, 0.2) is 24.3 Å². The average molecular weight is 402 g/mol. The predicted molar refractivity (Wildman–Crippen MR) is 106 cm³/mol. The van der Waals surface area contributed by atoms with E-state index in [1.54, 1.807) is 17.0 Å². The lowest BCUT2D eigenvalue weighted by Gasteiger charge is -2.37. The van der Waals surface area contributed by atoms with Crippen molar-refractivity contribution in [2.24, 2.45) is 5.92 Å². The smallest absolute Gasteiger partial charge is 0.325 e. The summed E-state index contributed by atoms with van der Waals surface area (Å²) in [7, 11) is 0. The number of imide groups is 1. The minimum absolute atomic E-state index is 0.0760. The SMILES string of the molecule is CC1CCCCC12NC(=O)N(CC(=O)N1CCN(c3ccc(F)cc3)CC1)C2=O. The van der Waals surface area contributed by atoms with Crippen molar-refractivity contribution in [3.8, 4) is 0 Å². The maximum atomic E-state index is 13.1. The maximum Gasteiger partial charge on any atom is 0.325 e. The van der Waals surface area contributed by atoms with Crippen LogP contribution >= 0.6 is 0 Å². The number of carbonyl (C=O) groups is 3. The number of piperazine rings is 1. The number of halogens is 1. The molecule has 156 valence electrons. The Morgan fingerprint density at radius 3 is 2.48 bits per heavy atom. The number of carbonyl (C=O) groups excluding carboxylic acids is 3. The zero-order chi connectivity index (χ0) is 20.6. The molecular formula is C21H27FN4O3. The zero-order valence-electron chi connectivity index (χ0n) is 16.7. The number of amides is 4. The fourth-order valence-electron chi connectivity index (χ4n) is 4.74. The fraction of sp³-hybridized carbons (Fsp3) is 0.571. The third-order valence-electron chi connectivity index (χ3n) is 6.62. The second-order valence-electron chi connectivity index (χ2n) is 8.28. The Morgan fingerprint density at radius 1 is 1.14 bits per heavy atom. The molecule has 4 rings (SSSR count). The molecule has 0 aromatic heterocycles. The fourth-order valence-corrected chi connectivity index (χ4v) is 4.74. The van der Waals surface area contributed by atoms with Crippen molar-refractivity contribution in [2.75, 3.05) is 37.6 Å². The Morgan fingerprint density at radius 2 is 1.83 bits per heavy atom. The number of nitrogens with zero attached hydrogens (tertiary/aromatic N) is 3. The molecule has 29 heavy (non-hydrogen) atoms. The summed E-state index contributed by atoms with van der Waals surface area (Å²) in [4.78, 5) is 43.1. The Balaban J connectivity index is 1.36. The van der Waals surface area contributed by atoms with E-state index in [-0.39, 0.29) is 30.1 Å². The number of urea groups is 1. The lowest BCUT2D eigenvalue weighted by molar-refractivity contribution is -0.140. The van der Waals surface area contributed by atoms with Crippen molar-refractivity contribution in [2.45, 2.75) is 38.1 Å². The molecule has 1 aromatic rings. The molecule has 0 bridgehead atoms. The first-order chi connectivity index (χ1) is 13.9. The Bertz CT molecular complexity index is 807. The molecule has 4 amide bonds. The first kappa shape index (κ1) is 19.7. The van der Waals surface area contributed by atoms with E-state index in [9.17, 15) is 18.8 Å². The lowest BCUT2D eigenvalue weighted by Crippen LogP contribution is -2.55. The lowest BCUT2D eigenvalue weighted by atomic mass is 9.73.